The molecule has 1 heterocycles. The van der Waals surface area contributed by atoms with Crippen molar-refractivity contribution in [1.82, 2.24) is 0 Å². The van der Waals surface area contributed by atoms with Crippen molar-refractivity contribution >= 4 is 17.9 Å². The van der Waals surface area contributed by atoms with Crippen LogP contribution in [0, 0.1) is 0 Å². The highest BCUT2D eigenvalue weighted by Crippen LogP contribution is 2.04. The van der Waals surface area contributed by atoms with E-state index in [4.69, 9.17) is 10.8 Å². The molecule has 22 heavy (non-hydrogen) atoms. The lowest BCUT2D eigenvalue weighted by atomic mass is 10.1. The van der Waals surface area contributed by atoms with Crippen molar-refractivity contribution in [2.45, 2.75) is 31.7 Å². The van der Waals surface area contributed by atoms with Crippen molar-refractivity contribution in [3.63, 3.8) is 0 Å². The maximum Gasteiger partial charge on any atom is 0.346 e. The summed E-state index contributed by atoms with van der Waals surface area (Å²) in [7, 11) is 0. The van der Waals surface area contributed by atoms with Gasteiger partial charge in [0.25, 0.3) is 0 Å². The average molecular weight is 311 g/mol. The van der Waals surface area contributed by atoms with Gasteiger partial charge >= 0.3 is 17.9 Å². The molecule has 1 saturated heterocycles. The van der Waals surface area contributed by atoms with Crippen molar-refractivity contribution < 1.29 is 34.3 Å². The molecule has 0 unspecified atom stereocenters. The number of carbonyl (C=O) groups excluding carboxylic acids is 2. The van der Waals surface area contributed by atoms with Gasteiger partial charge in [-0.15, -0.1) is 0 Å². The Kier molecular flexibility index (Phi) is 7.58. The van der Waals surface area contributed by atoms with E-state index in [0.717, 1.165) is 5.56 Å². The molecular weight excluding hydrogens is 294 g/mol. The van der Waals surface area contributed by atoms with E-state index in [-0.39, 0.29) is 12.8 Å². The van der Waals surface area contributed by atoms with Gasteiger partial charge in [0.2, 0.25) is 0 Å². The minimum atomic E-state index is -0.959. The molecule has 0 radical (unpaired) electrons. The van der Waals surface area contributed by atoms with Gasteiger partial charge in [-0.1, -0.05) is 30.3 Å². The third kappa shape index (κ3) is 7.36. The van der Waals surface area contributed by atoms with E-state index in [1.165, 1.54) is 0 Å². The Morgan fingerprint density at radius 1 is 1.14 bits per heavy atom. The van der Waals surface area contributed by atoms with Crippen LogP contribution in [0.4, 0.5) is 0 Å². The summed E-state index contributed by atoms with van der Waals surface area (Å²) in [6.45, 7) is 0. The topological polar surface area (TPSA) is 125 Å². The molecule has 3 N–H and O–H groups in total. The zero-order valence-corrected chi connectivity index (χ0v) is 11.8. The SMILES string of the molecule is N[C@@H](Cc1ccccc1)C(=O)O.O=C1CCCC(=O)OOO1. The van der Waals surface area contributed by atoms with Crippen LogP contribution in [-0.2, 0) is 35.6 Å². The van der Waals surface area contributed by atoms with Crippen LogP contribution in [0.25, 0.3) is 0 Å². The zero-order chi connectivity index (χ0) is 16.4. The molecule has 1 atom stereocenters. The van der Waals surface area contributed by atoms with E-state index < -0.39 is 23.9 Å². The van der Waals surface area contributed by atoms with E-state index >= 15 is 0 Å². The van der Waals surface area contributed by atoms with Gasteiger partial charge in [0.1, 0.15) is 6.04 Å². The normalized spacial score (nSPS) is 16.0. The first-order chi connectivity index (χ1) is 10.5. The van der Waals surface area contributed by atoms with Gasteiger partial charge in [-0.2, -0.15) is 0 Å². The second-order valence-electron chi connectivity index (χ2n) is 4.47. The predicted octanol–water partition coefficient (Wildman–Crippen LogP) is 0.744. The van der Waals surface area contributed by atoms with Crippen molar-refractivity contribution in [3.8, 4) is 0 Å². The quantitative estimate of drug-likeness (QED) is 0.783. The fourth-order valence-electron chi connectivity index (χ4n) is 1.51. The van der Waals surface area contributed by atoms with E-state index in [0.29, 0.717) is 12.8 Å². The number of carboxylic acid groups (broad SMARTS) is 1. The van der Waals surface area contributed by atoms with Crippen LogP contribution in [-0.4, -0.2) is 29.1 Å². The number of aliphatic carboxylic acids is 1. The monoisotopic (exact) mass is 311 g/mol. The van der Waals surface area contributed by atoms with Crippen molar-refractivity contribution in [1.29, 1.82) is 0 Å². The van der Waals surface area contributed by atoms with E-state index in [2.05, 4.69) is 14.8 Å². The minimum Gasteiger partial charge on any atom is -0.480 e. The number of rotatable bonds is 3. The second-order valence-corrected chi connectivity index (χ2v) is 4.47. The van der Waals surface area contributed by atoms with Gasteiger partial charge in [0, 0.05) is 17.9 Å². The maximum absolute atomic E-state index is 10.4. The maximum atomic E-state index is 10.4. The highest BCUT2D eigenvalue weighted by Gasteiger charge is 2.14. The van der Waals surface area contributed by atoms with Crippen LogP contribution < -0.4 is 5.73 Å². The summed E-state index contributed by atoms with van der Waals surface area (Å²) in [6.07, 6.45) is 1.21. The first-order valence-corrected chi connectivity index (χ1v) is 6.58. The Bertz CT molecular complexity index is 473. The Morgan fingerprint density at radius 3 is 2.18 bits per heavy atom. The number of carboxylic acids is 1. The molecule has 0 aliphatic carbocycles. The molecule has 1 fully saturated rings. The highest BCUT2D eigenvalue weighted by molar-refractivity contribution is 5.73. The molecule has 0 aromatic heterocycles. The van der Waals surface area contributed by atoms with E-state index in [1.54, 1.807) is 0 Å². The molecule has 1 aliphatic heterocycles. The number of carbonyl (C=O) groups is 3. The van der Waals surface area contributed by atoms with Gasteiger partial charge in [0.15, 0.2) is 0 Å². The first kappa shape index (κ1) is 17.6. The summed E-state index contributed by atoms with van der Waals surface area (Å²) in [6, 6.07) is 8.54. The fraction of sp³-hybridized carbons (Fsp3) is 0.357. The molecular formula is C14H17NO7. The lowest BCUT2D eigenvalue weighted by Crippen LogP contribution is -2.32. The number of hydrogen-bond acceptors (Lipinski definition) is 7. The molecule has 1 aromatic carbocycles. The smallest absolute Gasteiger partial charge is 0.346 e. The zero-order valence-electron chi connectivity index (χ0n) is 11.8. The van der Waals surface area contributed by atoms with Gasteiger partial charge < -0.3 is 10.8 Å². The molecule has 120 valence electrons. The van der Waals surface area contributed by atoms with Crippen LogP contribution >= 0.6 is 0 Å². The third-order valence-electron chi connectivity index (χ3n) is 2.63. The second kappa shape index (κ2) is 9.48. The lowest BCUT2D eigenvalue weighted by Gasteiger charge is -2.04. The third-order valence-corrected chi connectivity index (χ3v) is 2.63. The summed E-state index contributed by atoms with van der Waals surface area (Å²) in [5.41, 5.74) is 6.30. The van der Waals surface area contributed by atoms with E-state index in [1.807, 2.05) is 30.3 Å². The van der Waals surface area contributed by atoms with E-state index in [9.17, 15) is 14.4 Å². The molecule has 1 aromatic rings. The average Bonchev–Trinajstić information content (AvgIpc) is 2.47. The summed E-state index contributed by atoms with van der Waals surface area (Å²) in [4.78, 5) is 39.1. The van der Waals surface area contributed by atoms with Gasteiger partial charge in [-0.3, -0.25) is 14.6 Å². The van der Waals surface area contributed by atoms with Crippen molar-refractivity contribution in [3.05, 3.63) is 35.9 Å². The molecule has 0 amide bonds. The van der Waals surface area contributed by atoms with Gasteiger partial charge in [0.05, 0.1) is 0 Å². The number of benzene rings is 1. The number of hydrogen-bond donors (Lipinski definition) is 2. The summed E-state index contributed by atoms with van der Waals surface area (Å²) in [5, 5.41) is 12.3. The molecule has 1 aliphatic rings. The predicted molar refractivity (Wildman–Crippen MR) is 72.9 cm³/mol. The summed E-state index contributed by atoms with van der Waals surface area (Å²) < 4.78 is 0. The molecule has 2 rings (SSSR count). The minimum absolute atomic E-state index is 0.190. The van der Waals surface area contributed by atoms with Crippen LogP contribution in [0.2, 0.25) is 0 Å². The summed E-state index contributed by atoms with van der Waals surface area (Å²) >= 11 is 0. The lowest BCUT2D eigenvalue weighted by molar-refractivity contribution is -0.461. The molecule has 8 nitrogen and oxygen atoms in total. The molecule has 0 bridgehead atoms. The molecule has 0 spiro atoms. The molecule has 0 saturated carbocycles. The Labute approximate surface area is 126 Å². The van der Waals surface area contributed by atoms with Crippen molar-refractivity contribution in [2.24, 2.45) is 5.73 Å². The largest absolute Gasteiger partial charge is 0.480 e. The van der Waals surface area contributed by atoms with Crippen LogP contribution in [0.3, 0.4) is 0 Å². The van der Waals surface area contributed by atoms with Crippen LogP contribution in [0.15, 0.2) is 30.3 Å². The first-order valence-electron chi connectivity index (χ1n) is 6.58. The Morgan fingerprint density at radius 2 is 1.68 bits per heavy atom. The van der Waals surface area contributed by atoms with Crippen LogP contribution in [0.5, 0.6) is 0 Å². The Hall–Kier alpha value is -2.45. The number of nitrogens with two attached hydrogens (primary N) is 1. The molecule has 8 heteroatoms. The van der Waals surface area contributed by atoms with Gasteiger partial charge in [-0.05, 0) is 18.4 Å². The Balaban J connectivity index is 0.000000224. The van der Waals surface area contributed by atoms with Gasteiger partial charge in [-0.25, -0.2) is 9.59 Å². The summed E-state index contributed by atoms with van der Waals surface area (Å²) in [5.74, 6) is -2.00. The highest BCUT2D eigenvalue weighted by atomic mass is 17.5. The van der Waals surface area contributed by atoms with Crippen LogP contribution in [0.1, 0.15) is 24.8 Å². The standard InChI is InChI=1S/C9H11NO2.C5H6O5/c10-8(9(11)12)6-7-4-2-1-3-5-7;6-4-2-1-3-5(7)9-10-8-4/h1-5,8H,6,10H2,(H,11,12);1-3H2/t8-;/m0./s1. The fourth-order valence-corrected chi connectivity index (χ4v) is 1.51. The van der Waals surface area contributed by atoms with Crippen molar-refractivity contribution in [2.75, 3.05) is 0 Å².